The summed E-state index contributed by atoms with van der Waals surface area (Å²) >= 11 is 0. The van der Waals surface area contributed by atoms with Crippen LogP contribution < -0.4 is 5.32 Å². The maximum Gasteiger partial charge on any atom is 0.257 e. The van der Waals surface area contributed by atoms with E-state index in [1.807, 2.05) is 4.90 Å². The molecule has 2 heterocycles. The van der Waals surface area contributed by atoms with Crippen molar-refractivity contribution in [2.75, 3.05) is 25.5 Å². The zero-order valence-electron chi connectivity index (χ0n) is 12.4. The molecule has 1 aromatic heterocycles. The Hall–Kier alpha value is -1.65. The van der Waals surface area contributed by atoms with Crippen LogP contribution in [0.5, 0.6) is 0 Å². The van der Waals surface area contributed by atoms with Crippen LogP contribution in [-0.4, -0.2) is 35.9 Å². The predicted molar refractivity (Wildman–Crippen MR) is 79.7 cm³/mol. The number of pyridine rings is 1. The van der Waals surface area contributed by atoms with Crippen LogP contribution in [0.15, 0.2) is 12.3 Å². The average molecular weight is 291 g/mol. The number of halogens is 1. The van der Waals surface area contributed by atoms with Crippen molar-refractivity contribution in [1.29, 1.82) is 0 Å². The van der Waals surface area contributed by atoms with E-state index in [-0.39, 0.29) is 17.3 Å². The first kappa shape index (κ1) is 14.3. The van der Waals surface area contributed by atoms with Gasteiger partial charge in [0.25, 0.3) is 5.91 Å². The number of nitrogens with zero attached hydrogens (tertiary/aromatic N) is 2. The topological polar surface area (TPSA) is 45.2 Å². The van der Waals surface area contributed by atoms with Gasteiger partial charge in [0.05, 0.1) is 5.56 Å². The molecule has 2 atom stereocenters. The van der Waals surface area contributed by atoms with Gasteiger partial charge in [0.15, 0.2) is 11.6 Å². The molecular weight excluding hydrogens is 269 g/mol. The summed E-state index contributed by atoms with van der Waals surface area (Å²) in [6, 6.07) is 1.48. The molecule has 5 heteroatoms. The smallest absolute Gasteiger partial charge is 0.257 e. The first-order valence-corrected chi connectivity index (χ1v) is 7.82. The van der Waals surface area contributed by atoms with Gasteiger partial charge in [-0.2, -0.15) is 0 Å². The van der Waals surface area contributed by atoms with Crippen LogP contribution in [0, 0.1) is 17.7 Å². The first-order valence-electron chi connectivity index (χ1n) is 7.82. The molecule has 1 aromatic rings. The Kier molecular flexibility index (Phi) is 4.08. The maximum absolute atomic E-state index is 14.2. The number of anilines is 1. The number of fused-ring (bicyclic) bond motifs is 1. The molecule has 1 aliphatic carbocycles. The van der Waals surface area contributed by atoms with Gasteiger partial charge in [-0.1, -0.05) is 19.3 Å². The van der Waals surface area contributed by atoms with Gasteiger partial charge in [-0.15, -0.1) is 0 Å². The van der Waals surface area contributed by atoms with Gasteiger partial charge in [-0.25, -0.2) is 9.37 Å². The number of hydrogen-bond donors (Lipinski definition) is 1. The molecule has 1 N–H and O–H groups in total. The number of carbonyl (C=O) groups excluding carboxylic acids is 1. The Labute approximate surface area is 124 Å². The lowest BCUT2D eigenvalue weighted by atomic mass is 9.75. The molecular formula is C16H22FN3O. The largest absolute Gasteiger partial charge is 0.371 e. The summed E-state index contributed by atoms with van der Waals surface area (Å²) in [5.74, 6) is 0.752. The average Bonchev–Trinajstić information content (AvgIpc) is 2.54. The number of aromatic nitrogens is 1. The van der Waals surface area contributed by atoms with Crippen LogP contribution in [0.1, 0.15) is 42.5 Å². The van der Waals surface area contributed by atoms with Crippen LogP contribution >= 0.6 is 0 Å². The summed E-state index contributed by atoms with van der Waals surface area (Å²) in [4.78, 5) is 18.3. The molecule has 114 valence electrons. The van der Waals surface area contributed by atoms with Crippen LogP contribution in [0.3, 0.4) is 0 Å². The van der Waals surface area contributed by atoms with Gasteiger partial charge < -0.3 is 10.2 Å². The molecule has 1 saturated heterocycles. The number of hydrogen-bond acceptors (Lipinski definition) is 3. The van der Waals surface area contributed by atoms with Crippen molar-refractivity contribution in [3.63, 3.8) is 0 Å². The molecule has 2 fully saturated rings. The molecule has 2 unspecified atom stereocenters. The van der Waals surface area contributed by atoms with E-state index in [4.69, 9.17) is 0 Å². The van der Waals surface area contributed by atoms with E-state index in [9.17, 15) is 9.18 Å². The number of piperidine rings is 1. The highest BCUT2D eigenvalue weighted by atomic mass is 19.1. The molecule has 1 saturated carbocycles. The molecule has 0 spiro atoms. The van der Waals surface area contributed by atoms with Gasteiger partial charge in [-0.05, 0) is 30.7 Å². The number of nitrogens with one attached hydrogen (secondary N) is 1. The lowest BCUT2D eigenvalue weighted by molar-refractivity contribution is 0.0516. The predicted octanol–water partition coefficient (Wildman–Crippen LogP) is 2.91. The van der Waals surface area contributed by atoms with Crippen molar-refractivity contribution in [2.45, 2.75) is 32.1 Å². The van der Waals surface area contributed by atoms with E-state index < -0.39 is 5.82 Å². The number of amides is 1. The SMILES string of the molecule is CNc1nccc(C(=O)N2CCC3CCCCC3C2)c1F. The second-order valence-electron chi connectivity index (χ2n) is 6.12. The van der Waals surface area contributed by atoms with E-state index in [1.165, 1.54) is 37.9 Å². The van der Waals surface area contributed by atoms with Crippen LogP contribution in [-0.2, 0) is 0 Å². The normalized spacial score (nSPS) is 25.3. The van der Waals surface area contributed by atoms with Crippen molar-refractivity contribution in [3.8, 4) is 0 Å². The van der Waals surface area contributed by atoms with Crippen molar-refractivity contribution < 1.29 is 9.18 Å². The summed E-state index contributed by atoms with van der Waals surface area (Å²) in [7, 11) is 1.60. The monoisotopic (exact) mass is 291 g/mol. The molecule has 0 aromatic carbocycles. The van der Waals surface area contributed by atoms with Gasteiger partial charge in [-0.3, -0.25) is 4.79 Å². The molecule has 4 nitrogen and oxygen atoms in total. The van der Waals surface area contributed by atoms with Crippen LogP contribution in [0.2, 0.25) is 0 Å². The van der Waals surface area contributed by atoms with E-state index in [1.54, 1.807) is 7.05 Å². The minimum Gasteiger partial charge on any atom is -0.371 e. The third-order valence-electron chi connectivity index (χ3n) is 4.93. The van der Waals surface area contributed by atoms with E-state index in [2.05, 4.69) is 10.3 Å². The third-order valence-corrected chi connectivity index (χ3v) is 4.93. The quantitative estimate of drug-likeness (QED) is 0.911. The number of carbonyl (C=O) groups is 1. The lowest BCUT2D eigenvalue weighted by Crippen LogP contribution is -2.45. The number of likely N-dealkylation sites (tertiary alicyclic amines) is 1. The van der Waals surface area contributed by atoms with Crippen molar-refractivity contribution in [3.05, 3.63) is 23.6 Å². The maximum atomic E-state index is 14.2. The van der Waals surface area contributed by atoms with Gasteiger partial charge in [0.1, 0.15) is 0 Å². The minimum absolute atomic E-state index is 0.128. The fourth-order valence-electron chi connectivity index (χ4n) is 3.74. The summed E-state index contributed by atoms with van der Waals surface area (Å²) < 4.78 is 14.2. The fraction of sp³-hybridized carbons (Fsp3) is 0.625. The zero-order valence-corrected chi connectivity index (χ0v) is 12.4. The second-order valence-corrected chi connectivity index (χ2v) is 6.12. The Morgan fingerprint density at radius 1 is 1.33 bits per heavy atom. The molecule has 1 amide bonds. The van der Waals surface area contributed by atoms with Gasteiger partial charge >= 0.3 is 0 Å². The molecule has 21 heavy (non-hydrogen) atoms. The second kappa shape index (κ2) is 6.00. The summed E-state index contributed by atoms with van der Waals surface area (Å²) in [6.45, 7) is 1.52. The summed E-state index contributed by atoms with van der Waals surface area (Å²) in [6.07, 6.45) is 7.61. The Bertz CT molecular complexity index is 534. The summed E-state index contributed by atoms with van der Waals surface area (Å²) in [5, 5.41) is 2.68. The van der Waals surface area contributed by atoms with Crippen LogP contribution in [0.4, 0.5) is 10.2 Å². The van der Waals surface area contributed by atoms with Crippen LogP contribution in [0.25, 0.3) is 0 Å². The minimum atomic E-state index is -0.546. The highest BCUT2D eigenvalue weighted by molar-refractivity contribution is 5.95. The molecule has 0 bridgehead atoms. The lowest BCUT2D eigenvalue weighted by Gasteiger charge is -2.41. The summed E-state index contributed by atoms with van der Waals surface area (Å²) in [5.41, 5.74) is 0.128. The Morgan fingerprint density at radius 2 is 2.10 bits per heavy atom. The van der Waals surface area contributed by atoms with Crippen molar-refractivity contribution in [1.82, 2.24) is 9.88 Å². The van der Waals surface area contributed by atoms with E-state index in [0.29, 0.717) is 5.92 Å². The highest BCUT2D eigenvalue weighted by Gasteiger charge is 2.34. The van der Waals surface area contributed by atoms with E-state index >= 15 is 0 Å². The number of rotatable bonds is 2. The molecule has 0 radical (unpaired) electrons. The fourth-order valence-corrected chi connectivity index (χ4v) is 3.74. The molecule has 2 aliphatic rings. The third kappa shape index (κ3) is 2.74. The molecule has 3 rings (SSSR count). The van der Waals surface area contributed by atoms with Crippen molar-refractivity contribution in [2.24, 2.45) is 11.8 Å². The van der Waals surface area contributed by atoms with Crippen molar-refractivity contribution >= 4 is 11.7 Å². The Morgan fingerprint density at radius 3 is 2.86 bits per heavy atom. The van der Waals surface area contributed by atoms with Gasteiger partial charge in [0.2, 0.25) is 0 Å². The van der Waals surface area contributed by atoms with E-state index in [0.717, 1.165) is 25.4 Å². The zero-order chi connectivity index (χ0) is 14.8. The first-order chi connectivity index (χ1) is 10.2. The Balaban J connectivity index is 1.76. The highest BCUT2D eigenvalue weighted by Crippen LogP contribution is 2.36. The van der Waals surface area contributed by atoms with Gasteiger partial charge in [0, 0.05) is 26.3 Å². The molecule has 1 aliphatic heterocycles. The standard InChI is InChI=1S/C16H22FN3O/c1-18-15-14(17)13(6-8-19-15)16(21)20-9-7-11-4-2-3-5-12(11)10-20/h6,8,11-12H,2-5,7,9-10H2,1H3,(H,18,19).